The fraction of sp³-hybridized carbons (Fsp3) is 0.556. The largest absolute Gasteiger partial charge is 0.418 e. The average molecular weight is 387 g/mol. The zero-order valence-corrected chi connectivity index (χ0v) is 15.1. The van der Waals surface area contributed by atoms with Gasteiger partial charge >= 0.3 is 6.18 Å². The van der Waals surface area contributed by atoms with Gasteiger partial charge in [0.2, 0.25) is 11.8 Å². The Kier molecular flexibility index (Phi) is 7.20. The summed E-state index contributed by atoms with van der Waals surface area (Å²) in [5.74, 6) is -0.860. The number of carbonyl (C=O) groups excluding carboxylic acids is 2. The van der Waals surface area contributed by atoms with Gasteiger partial charge in [0.15, 0.2) is 0 Å². The van der Waals surface area contributed by atoms with Gasteiger partial charge in [-0.2, -0.15) is 13.2 Å². The average Bonchev–Trinajstić information content (AvgIpc) is 2.61. The lowest BCUT2D eigenvalue weighted by Gasteiger charge is -2.32. The van der Waals surface area contributed by atoms with Crippen LogP contribution in [0.25, 0.3) is 0 Å². The normalized spacial score (nSPS) is 18.2. The predicted octanol–water partition coefficient (Wildman–Crippen LogP) is 1.81. The first-order valence-corrected chi connectivity index (χ1v) is 8.74. The van der Waals surface area contributed by atoms with Gasteiger partial charge in [0, 0.05) is 20.2 Å². The molecule has 6 nitrogen and oxygen atoms in total. The third-order valence-electron chi connectivity index (χ3n) is 4.53. The summed E-state index contributed by atoms with van der Waals surface area (Å²) in [6, 6.07) is 4.70. The highest BCUT2D eigenvalue weighted by Crippen LogP contribution is 2.34. The van der Waals surface area contributed by atoms with E-state index in [0.717, 1.165) is 25.5 Å². The van der Waals surface area contributed by atoms with Crippen molar-refractivity contribution in [1.29, 1.82) is 0 Å². The fourth-order valence-electron chi connectivity index (χ4n) is 3.09. The van der Waals surface area contributed by atoms with E-state index in [0.29, 0.717) is 6.54 Å². The SMILES string of the molecule is CN(CC(=O)Nc1ccccc1C(F)(F)F)C(=O)CN1CCC[C@@H](CO)C1. The van der Waals surface area contributed by atoms with E-state index in [-0.39, 0.29) is 37.2 Å². The molecule has 0 saturated carbocycles. The summed E-state index contributed by atoms with van der Waals surface area (Å²) in [6.45, 7) is 1.19. The molecule has 1 heterocycles. The Morgan fingerprint density at radius 3 is 2.70 bits per heavy atom. The molecular formula is C18H24F3N3O3. The van der Waals surface area contributed by atoms with Crippen molar-refractivity contribution < 1.29 is 27.9 Å². The van der Waals surface area contributed by atoms with Crippen LogP contribution in [0.3, 0.4) is 0 Å². The molecule has 1 aromatic rings. The van der Waals surface area contributed by atoms with Crippen LogP contribution in [0, 0.1) is 5.92 Å². The highest BCUT2D eigenvalue weighted by molar-refractivity contribution is 5.95. The topological polar surface area (TPSA) is 72.9 Å². The van der Waals surface area contributed by atoms with E-state index in [2.05, 4.69) is 5.32 Å². The number of para-hydroxylation sites is 1. The molecule has 0 unspecified atom stereocenters. The van der Waals surface area contributed by atoms with Gasteiger partial charge in [-0.25, -0.2) is 0 Å². The van der Waals surface area contributed by atoms with Gasteiger partial charge in [0.1, 0.15) is 0 Å². The van der Waals surface area contributed by atoms with E-state index in [1.807, 2.05) is 4.90 Å². The van der Waals surface area contributed by atoms with Crippen LogP contribution < -0.4 is 5.32 Å². The number of aliphatic hydroxyl groups is 1. The summed E-state index contributed by atoms with van der Waals surface area (Å²) < 4.78 is 38.9. The molecule has 0 aromatic heterocycles. The van der Waals surface area contributed by atoms with Crippen molar-refractivity contribution in [2.45, 2.75) is 19.0 Å². The zero-order valence-electron chi connectivity index (χ0n) is 15.1. The lowest BCUT2D eigenvalue weighted by molar-refractivity contribution is -0.137. The minimum atomic E-state index is -4.58. The molecule has 27 heavy (non-hydrogen) atoms. The highest BCUT2D eigenvalue weighted by atomic mass is 19.4. The number of hydrogen-bond donors (Lipinski definition) is 2. The maximum Gasteiger partial charge on any atom is 0.418 e. The lowest BCUT2D eigenvalue weighted by Crippen LogP contribution is -2.45. The first kappa shape index (κ1) is 21.2. The summed E-state index contributed by atoms with van der Waals surface area (Å²) in [5, 5.41) is 11.5. The van der Waals surface area contributed by atoms with Crippen LogP contribution in [0.5, 0.6) is 0 Å². The predicted molar refractivity (Wildman–Crippen MR) is 94.0 cm³/mol. The number of benzene rings is 1. The Morgan fingerprint density at radius 1 is 1.33 bits per heavy atom. The fourth-order valence-corrected chi connectivity index (χ4v) is 3.09. The summed E-state index contributed by atoms with van der Waals surface area (Å²) >= 11 is 0. The second-order valence-corrected chi connectivity index (χ2v) is 6.77. The molecule has 1 aliphatic rings. The quantitative estimate of drug-likeness (QED) is 0.781. The zero-order chi connectivity index (χ0) is 20.0. The molecule has 1 saturated heterocycles. The Balaban J connectivity index is 1.89. The number of hydrogen-bond acceptors (Lipinski definition) is 4. The third kappa shape index (κ3) is 6.21. The number of alkyl halides is 3. The van der Waals surface area contributed by atoms with Gasteiger partial charge in [-0.3, -0.25) is 14.5 Å². The smallest absolute Gasteiger partial charge is 0.396 e. The number of likely N-dealkylation sites (tertiary alicyclic amines) is 1. The van der Waals surface area contributed by atoms with Crippen LogP contribution >= 0.6 is 0 Å². The molecule has 2 rings (SSSR count). The van der Waals surface area contributed by atoms with Crippen LogP contribution in [0.1, 0.15) is 18.4 Å². The third-order valence-corrected chi connectivity index (χ3v) is 4.53. The van der Waals surface area contributed by atoms with E-state index < -0.39 is 17.6 Å². The van der Waals surface area contributed by atoms with Gasteiger partial charge in [-0.05, 0) is 37.4 Å². The van der Waals surface area contributed by atoms with E-state index >= 15 is 0 Å². The summed E-state index contributed by atoms with van der Waals surface area (Å²) in [7, 11) is 1.44. The van der Waals surface area contributed by atoms with Crippen LogP contribution in [-0.4, -0.2) is 66.6 Å². The number of amides is 2. The molecule has 0 radical (unpaired) electrons. The van der Waals surface area contributed by atoms with Gasteiger partial charge in [0.05, 0.1) is 24.3 Å². The highest BCUT2D eigenvalue weighted by Gasteiger charge is 2.33. The Labute approximate surface area is 155 Å². The van der Waals surface area contributed by atoms with Crippen LogP contribution in [-0.2, 0) is 15.8 Å². The molecule has 0 aliphatic carbocycles. The van der Waals surface area contributed by atoms with Crippen molar-refractivity contribution in [2.75, 3.05) is 45.2 Å². The van der Waals surface area contributed by atoms with Gasteiger partial charge in [-0.1, -0.05) is 12.1 Å². The van der Waals surface area contributed by atoms with E-state index in [9.17, 15) is 27.9 Å². The second kappa shape index (κ2) is 9.18. The molecule has 150 valence electrons. The summed E-state index contributed by atoms with van der Waals surface area (Å²) in [5.41, 5.74) is -1.27. The number of nitrogens with zero attached hydrogens (tertiary/aromatic N) is 2. The molecule has 2 amide bonds. The number of halogens is 3. The lowest BCUT2D eigenvalue weighted by atomic mass is 9.99. The molecule has 1 aliphatic heterocycles. The Morgan fingerprint density at radius 2 is 2.04 bits per heavy atom. The number of carbonyl (C=O) groups is 2. The summed E-state index contributed by atoms with van der Waals surface area (Å²) in [6.07, 6.45) is -2.78. The Bertz CT molecular complexity index is 667. The number of piperidine rings is 1. The van der Waals surface area contributed by atoms with Crippen molar-refractivity contribution in [3.63, 3.8) is 0 Å². The summed E-state index contributed by atoms with van der Waals surface area (Å²) in [4.78, 5) is 27.5. The molecule has 9 heteroatoms. The van der Waals surface area contributed by atoms with Crippen LogP contribution in [0.15, 0.2) is 24.3 Å². The second-order valence-electron chi connectivity index (χ2n) is 6.77. The molecule has 1 fully saturated rings. The minimum absolute atomic E-state index is 0.0710. The van der Waals surface area contributed by atoms with Crippen molar-refractivity contribution in [1.82, 2.24) is 9.80 Å². The van der Waals surface area contributed by atoms with Crippen LogP contribution in [0.2, 0.25) is 0 Å². The van der Waals surface area contributed by atoms with Crippen molar-refractivity contribution in [3.05, 3.63) is 29.8 Å². The van der Waals surface area contributed by atoms with Gasteiger partial charge < -0.3 is 15.3 Å². The maximum absolute atomic E-state index is 13.0. The van der Waals surface area contributed by atoms with Crippen LogP contribution in [0.4, 0.5) is 18.9 Å². The van der Waals surface area contributed by atoms with Crippen molar-refractivity contribution in [3.8, 4) is 0 Å². The molecule has 0 spiro atoms. The Hall–Kier alpha value is -2.13. The monoisotopic (exact) mass is 387 g/mol. The molecule has 2 N–H and O–H groups in total. The number of nitrogens with one attached hydrogen (secondary N) is 1. The standard InChI is InChI=1S/C18H24F3N3O3/c1-23(17(27)11-24-8-4-5-13(9-24)12-25)10-16(26)22-15-7-3-2-6-14(15)18(19,20)21/h2-3,6-7,13,25H,4-5,8-12H2,1H3,(H,22,26)/t13-/m1/s1. The number of anilines is 1. The maximum atomic E-state index is 13.0. The molecule has 1 atom stereocenters. The van der Waals surface area contributed by atoms with E-state index in [1.54, 1.807) is 0 Å². The molecule has 1 aromatic carbocycles. The van der Waals surface area contributed by atoms with Crippen molar-refractivity contribution in [2.24, 2.45) is 5.92 Å². The van der Waals surface area contributed by atoms with Crippen molar-refractivity contribution >= 4 is 17.5 Å². The first-order chi connectivity index (χ1) is 12.7. The number of aliphatic hydroxyl groups excluding tert-OH is 1. The molecular weight excluding hydrogens is 363 g/mol. The molecule has 0 bridgehead atoms. The van der Waals surface area contributed by atoms with Gasteiger partial charge in [0.25, 0.3) is 0 Å². The van der Waals surface area contributed by atoms with E-state index in [4.69, 9.17) is 0 Å². The number of likely N-dealkylation sites (N-methyl/N-ethyl adjacent to an activating group) is 1. The van der Waals surface area contributed by atoms with E-state index in [1.165, 1.54) is 30.1 Å². The number of rotatable bonds is 6. The minimum Gasteiger partial charge on any atom is -0.396 e. The van der Waals surface area contributed by atoms with Gasteiger partial charge in [-0.15, -0.1) is 0 Å². The first-order valence-electron chi connectivity index (χ1n) is 8.74.